The topological polar surface area (TPSA) is 123 Å². The van der Waals surface area contributed by atoms with Gasteiger partial charge >= 0.3 is 12.1 Å². The Morgan fingerprint density at radius 1 is 1.03 bits per heavy atom. The standard InChI is InChI=1S/C27H22F3N3O5S/c1-32-14-22(26(35)36)33-23(34)13-17(11-15-9-10-21(31)20-8-3-2-7-19(15)20)24(25(33)39(32,37)38)16-5-4-6-18(12-16)27(28,29)30/h2-10,12-13,22H,11,14,31H2,1H3,(H,35,36). The number of nitrogens with zero attached hydrogens (tertiary/aromatic N) is 2. The van der Waals surface area contributed by atoms with Crippen LogP contribution in [0.4, 0.5) is 18.9 Å². The van der Waals surface area contributed by atoms with Crippen LogP contribution in [-0.2, 0) is 27.4 Å². The van der Waals surface area contributed by atoms with Crippen molar-refractivity contribution in [3.8, 4) is 11.1 Å². The Balaban J connectivity index is 1.88. The number of sulfonamides is 1. The molecule has 5 rings (SSSR count). The van der Waals surface area contributed by atoms with E-state index in [9.17, 15) is 36.3 Å². The molecular formula is C27H22F3N3O5S. The van der Waals surface area contributed by atoms with Gasteiger partial charge in [-0.2, -0.15) is 17.5 Å². The third kappa shape index (κ3) is 4.45. The quantitative estimate of drug-likeness (QED) is 0.364. The van der Waals surface area contributed by atoms with Gasteiger partial charge in [-0.3, -0.25) is 9.36 Å². The van der Waals surface area contributed by atoms with E-state index < -0.39 is 50.9 Å². The molecule has 8 nitrogen and oxygen atoms in total. The number of hydrogen-bond acceptors (Lipinski definition) is 5. The SMILES string of the molecule is CN1CC(C(=O)O)n2c(c(-c3cccc(C(F)(F)F)c3)c(Cc3ccc(N)c4ccccc34)cc2=O)S1(=O)=O. The van der Waals surface area contributed by atoms with Crippen LogP contribution in [0.25, 0.3) is 21.9 Å². The summed E-state index contributed by atoms with van der Waals surface area (Å²) < 4.78 is 69.6. The van der Waals surface area contributed by atoms with Crippen LogP contribution in [0.5, 0.6) is 0 Å². The van der Waals surface area contributed by atoms with Gasteiger partial charge in [0.25, 0.3) is 15.6 Å². The highest BCUT2D eigenvalue weighted by atomic mass is 32.2. The first-order valence-corrected chi connectivity index (χ1v) is 13.2. The van der Waals surface area contributed by atoms with E-state index in [1.807, 2.05) is 0 Å². The van der Waals surface area contributed by atoms with Gasteiger partial charge in [-0.1, -0.05) is 42.5 Å². The smallest absolute Gasteiger partial charge is 0.416 e. The van der Waals surface area contributed by atoms with E-state index in [1.54, 1.807) is 36.4 Å². The summed E-state index contributed by atoms with van der Waals surface area (Å²) >= 11 is 0. The summed E-state index contributed by atoms with van der Waals surface area (Å²) in [6.45, 7) is -0.519. The Hall–Kier alpha value is -4.16. The van der Waals surface area contributed by atoms with Crippen molar-refractivity contribution in [2.24, 2.45) is 0 Å². The van der Waals surface area contributed by atoms with E-state index in [-0.39, 0.29) is 23.1 Å². The van der Waals surface area contributed by atoms with E-state index in [0.717, 1.165) is 35.6 Å². The number of aliphatic carboxylic acids is 1. The maximum Gasteiger partial charge on any atom is 0.416 e. The predicted octanol–water partition coefficient (Wildman–Crippen LogP) is 4.12. The number of nitrogens with two attached hydrogens (primary N) is 1. The molecule has 1 atom stereocenters. The number of alkyl halides is 3. The predicted molar refractivity (Wildman–Crippen MR) is 139 cm³/mol. The van der Waals surface area contributed by atoms with Crippen molar-refractivity contribution in [1.29, 1.82) is 0 Å². The molecule has 1 aliphatic rings. The summed E-state index contributed by atoms with van der Waals surface area (Å²) in [4.78, 5) is 25.4. The van der Waals surface area contributed by atoms with Crippen molar-refractivity contribution in [2.45, 2.75) is 23.7 Å². The number of rotatable bonds is 4. The Morgan fingerprint density at radius 2 is 1.72 bits per heavy atom. The number of hydrogen-bond donors (Lipinski definition) is 2. The number of anilines is 1. The van der Waals surface area contributed by atoms with Gasteiger partial charge in [0.05, 0.1) is 5.56 Å². The summed E-state index contributed by atoms with van der Waals surface area (Å²) in [6.07, 6.45) is -4.76. The van der Waals surface area contributed by atoms with Gasteiger partial charge < -0.3 is 10.8 Å². The molecule has 1 unspecified atom stereocenters. The molecule has 0 bridgehead atoms. The lowest BCUT2D eigenvalue weighted by molar-refractivity contribution is -0.141. The normalized spacial score (nSPS) is 17.2. The molecule has 0 radical (unpaired) electrons. The first kappa shape index (κ1) is 26.4. The van der Waals surface area contributed by atoms with Gasteiger partial charge in [0, 0.05) is 36.3 Å². The first-order valence-electron chi connectivity index (χ1n) is 11.7. The van der Waals surface area contributed by atoms with E-state index in [2.05, 4.69) is 0 Å². The summed E-state index contributed by atoms with van der Waals surface area (Å²) in [6, 6.07) is 14.1. The molecule has 0 saturated heterocycles. The second-order valence-electron chi connectivity index (χ2n) is 9.31. The van der Waals surface area contributed by atoms with E-state index in [0.29, 0.717) is 26.6 Å². The van der Waals surface area contributed by atoms with Crippen LogP contribution in [0.1, 0.15) is 22.7 Å². The Kier molecular flexibility index (Phi) is 6.27. The van der Waals surface area contributed by atoms with Crippen LogP contribution >= 0.6 is 0 Å². The van der Waals surface area contributed by atoms with Crippen molar-refractivity contribution in [2.75, 3.05) is 19.3 Å². The minimum Gasteiger partial charge on any atom is -0.480 e. The lowest BCUT2D eigenvalue weighted by Gasteiger charge is -2.33. The number of carboxylic acids is 1. The monoisotopic (exact) mass is 557 g/mol. The third-order valence-electron chi connectivity index (χ3n) is 6.88. The van der Waals surface area contributed by atoms with Crippen LogP contribution in [0.15, 0.2) is 76.6 Å². The maximum atomic E-state index is 13.7. The van der Waals surface area contributed by atoms with Gasteiger partial charge in [0.2, 0.25) is 0 Å². The number of pyridine rings is 1. The molecule has 3 N–H and O–H groups in total. The molecule has 0 amide bonds. The fraction of sp³-hybridized carbons (Fsp3) is 0.185. The molecule has 0 spiro atoms. The number of aromatic nitrogens is 1. The molecule has 202 valence electrons. The molecule has 2 heterocycles. The highest BCUT2D eigenvalue weighted by Gasteiger charge is 2.42. The number of likely N-dealkylation sites (N-methyl/N-ethyl adjacent to an activating group) is 1. The second-order valence-corrected chi connectivity index (χ2v) is 11.3. The molecule has 0 fully saturated rings. The summed E-state index contributed by atoms with van der Waals surface area (Å²) in [7, 11) is -3.31. The molecule has 1 aliphatic heterocycles. The fourth-order valence-corrected chi connectivity index (χ4v) is 6.61. The largest absolute Gasteiger partial charge is 0.480 e. The lowest BCUT2D eigenvalue weighted by atomic mass is 9.92. The average molecular weight is 558 g/mol. The number of halogens is 3. The molecule has 0 aliphatic carbocycles. The van der Waals surface area contributed by atoms with Crippen molar-refractivity contribution in [1.82, 2.24) is 8.87 Å². The van der Waals surface area contributed by atoms with Crippen LogP contribution in [0.3, 0.4) is 0 Å². The zero-order valence-electron chi connectivity index (χ0n) is 20.4. The second kappa shape index (κ2) is 9.24. The average Bonchev–Trinajstić information content (AvgIpc) is 2.87. The van der Waals surface area contributed by atoms with Crippen LogP contribution < -0.4 is 11.3 Å². The van der Waals surface area contributed by atoms with Crippen LogP contribution in [0.2, 0.25) is 0 Å². The molecule has 39 heavy (non-hydrogen) atoms. The van der Waals surface area contributed by atoms with Gasteiger partial charge in [-0.15, -0.1) is 0 Å². The molecular weight excluding hydrogens is 535 g/mol. The third-order valence-corrected chi connectivity index (χ3v) is 8.74. The molecule has 4 aromatic rings. The van der Waals surface area contributed by atoms with Crippen molar-refractivity contribution in [3.05, 3.63) is 93.8 Å². The lowest BCUT2D eigenvalue weighted by Crippen LogP contribution is -2.48. The van der Waals surface area contributed by atoms with E-state index >= 15 is 0 Å². The van der Waals surface area contributed by atoms with Gasteiger partial charge in [-0.05, 0) is 46.7 Å². The van der Waals surface area contributed by atoms with E-state index in [1.165, 1.54) is 6.07 Å². The fourth-order valence-electron chi connectivity index (χ4n) is 5.00. The van der Waals surface area contributed by atoms with E-state index in [4.69, 9.17) is 5.73 Å². The Morgan fingerprint density at radius 3 is 2.38 bits per heavy atom. The summed E-state index contributed by atoms with van der Waals surface area (Å²) in [5.41, 5.74) is 5.17. The number of carboxylic acid groups (broad SMARTS) is 1. The van der Waals surface area contributed by atoms with Crippen LogP contribution in [0, 0.1) is 0 Å². The Labute approximate surface area is 220 Å². The van der Waals surface area contributed by atoms with Crippen molar-refractivity contribution >= 4 is 32.5 Å². The van der Waals surface area contributed by atoms with Crippen molar-refractivity contribution < 1.29 is 31.5 Å². The summed E-state index contributed by atoms with van der Waals surface area (Å²) in [5, 5.41) is 10.6. The minimum absolute atomic E-state index is 0.0353. The number of nitrogen functional groups attached to an aromatic ring is 1. The zero-order chi connectivity index (χ0) is 28.3. The van der Waals surface area contributed by atoms with Gasteiger partial charge in [0.1, 0.15) is 6.04 Å². The molecule has 3 aromatic carbocycles. The van der Waals surface area contributed by atoms with Crippen molar-refractivity contribution in [3.63, 3.8) is 0 Å². The first-order chi connectivity index (χ1) is 18.3. The summed E-state index contributed by atoms with van der Waals surface area (Å²) in [5.74, 6) is -1.45. The van der Waals surface area contributed by atoms with Gasteiger partial charge in [-0.25, -0.2) is 13.2 Å². The highest BCUT2D eigenvalue weighted by molar-refractivity contribution is 7.89. The van der Waals surface area contributed by atoms with Gasteiger partial charge in [0.15, 0.2) is 5.03 Å². The number of fused-ring (bicyclic) bond motifs is 2. The van der Waals surface area contributed by atoms with Crippen LogP contribution in [-0.4, -0.2) is 42.0 Å². The Bertz CT molecular complexity index is 1820. The minimum atomic E-state index is -4.73. The number of benzene rings is 3. The molecule has 1 aromatic heterocycles. The zero-order valence-corrected chi connectivity index (χ0v) is 21.3. The molecule has 12 heteroatoms. The molecule has 0 saturated carbocycles. The maximum absolute atomic E-state index is 13.7. The number of carbonyl (C=O) groups is 1. The highest BCUT2D eigenvalue weighted by Crippen LogP contribution is 2.40.